The maximum absolute atomic E-state index is 10.6. The van der Waals surface area contributed by atoms with Crippen LogP contribution in [0.3, 0.4) is 0 Å². The van der Waals surface area contributed by atoms with Crippen LogP contribution in [0.4, 0.5) is 0 Å². The molecule has 0 spiro atoms. The summed E-state index contributed by atoms with van der Waals surface area (Å²) in [4.78, 5) is 13.3. The number of hydrogen-bond donors (Lipinski definition) is 2. The van der Waals surface area contributed by atoms with Gasteiger partial charge in [0.25, 0.3) is 0 Å². The molecule has 0 saturated heterocycles. The Morgan fingerprint density at radius 1 is 1.08 bits per heavy atom. The number of hydrogen-bond acceptors (Lipinski definition) is 7. The standard InChI is InChI=1S/C28H33N4O4P/c1-2-3-5-12-22(21-10-6-4-7-11-21)19-26-31-32-28(36-26)25-15-14-23(27-24(25)13-8-17-30-27)20-29-16-9-18-35-37(33)34/h4,6-8,10-11,13-15,17,19,29,37H,2-3,5,9,12,16,18,20H2,1H3,(H,33,34)/b22-19+. The SMILES string of the molecule is CCCCC/C(=C\c1nnc(-c2ccc(CNCCCO[PH](=O)O)c3ncccc23)o1)c1ccccc1. The lowest BCUT2D eigenvalue weighted by Gasteiger charge is -2.10. The van der Waals surface area contributed by atoms with Crippen molar-refractivity contribution in [3.63, 3.8) is 0 Å². The van der Waals surface area contributed by atoms with E-state index < -0.39 is 8.25 Å². The van der Waals surface area contributed by atoms with Crippen LogP contribution in [0.15, 0.2) is 65.2 Å². The van der Waals surface area contributed by atoms with E-state index in [4.69, 9.17) is 13.8 Å². The summed E-state index contributed by atoms with van der Waals surface area (Å²) >= 11 is 0. The van der Waals surface area contributed by atoms with Gasteiger partial charge in [-0.05, 0) is 54.6 Å². The van der Waals surface area contributed by atoms with E-state index in [-0.39, 0.29) is 6.61 Å². The highest BCUT2D eigenvalue weighted by atomic mass is 31.1. The van der Waals surface area contributed by atoms with Crippen LogP contribution in [-0.2, 0) is 15.6 Å². The average Bonchev–Trinajstić information content (AvgIpc) is 3.38. The van der Waals surface area contributed by atoms with Gasteiger partial charge < -0.3 is 19.2 Å². The van der Waals surface area contributed by atoms with Gasteiger partial charge in [0.2, 0.25) is 11.8 Å². The lowest BCUT2D eigenvalue weighted by Crippen LogP contribution is -2.16. The van der Waals surface area contributed by atoms with Crippen molar-refractivity contribution in [3.05, 3.63) is 77.8 Å². The highest BCUT2D eigenvalue weighted by molar-refractivity contribution is 7.32. The molecule has 0 aliphatic rings. The molecule has 0 bridgehead atoms. The molecule has 9 heteroatoms. The van der Waals surface area contributed by atoms with Crippen molar-refractivity contribution in [1.82, 2.24) is 20.5 Å². The number of unbranched alkanes of at least 4 members (excludes halogenated alkanes) is 2. The summed E-state index contributed by atoms with van der Waals surface area (Å²) in [5, 5.41) is 13.0. The van der Waals surface area contributed by atoms with E-state index in [0.717, 1.165) is 34.9 Å². The molecule has 0 fully saturated rings. The molecular formula is C28H33N4O4P. The fourth-order valence-electron chi connectivity index (χ4n) is 4.21. The van der Waals surface area contributed by atoms with Crippen LogP contribution in [0.2, 0.25) is 0 Å². The normalized spacial score (nSPS) is 12.8. The van der Waals surface area contributed by atoms with Gasteiger partial charge in [-0.25, -0.2) is 0 Å². The van der Waals surface area contributed by atoms with E-state index in [1.165, 1.54) is 24.0 Å². The lowest BCUT2D eigenvalue weighted by atomic mass is 9.99. The highest BCUT2D eigenvalue weighted by Crippen LogP contribution is 2.30. The molecule has 2 N–H and O–H groups in total. The molecule has 0 saturated carbocycles. The number of nitrogens with zero attached hydrogens (tertiary/aromatic N) is 3. The third kappa shape index (κ3) is 7.66. The first-order chi connectivity index (χ1) is 18.2. The van der Waals surface area contributed by atoms with Crippen LogP contribution in [-0.4, -0.2) is 33.2 Å². The Morgan fingerprint density at radius 3 is 2.76 bits per heavy atom. The largest absolute Gasteiger partial charge is 0.417 e. The number of benzene rings is 2. The summed E-state index contributed by atoms with van der Waals surface area (Å²) in [5.74, 6) is 0.946. The molecule has 2 heterocycles. The maximum atomic E-state index is 10.6. The smallest absolute Gasteiger partial charge is 0.316 e. The summed E-state index contributed by atoms with van der Waals surface area (Å²) in [6.07, 6.45) is 8.82. The predicted molar refractivity (Wildman–Crippen MR) is 147 cm³/mol. The van der Waals surface area contributed by atoms with E-state index >= 15 is 0 Å². The number of rotatable bonds is 14. The number of pyridine rings is 1. The van der Waals surface area contributed by atoms with Crippen LogP contribution in [0, 0.1) is 0 Å². The average molecular weight is 521 g/mol. The van der Waals surface area contributed by atoms with Gasteiger partial charge in [-0.15, -0.1) is 10.2 Å². The molecule has 4 rings (SSSR count). The molecule has 2 aromatic carbocycles. The molecule has 37 heavy (non-hydrogen) atoms. The topological polar surface area (TPSA) is 110 Å². The zero-order valence-corrected chi connectivity index (χ0v) is 22.0. The molecule has 0 amide bonds. The summed E-state index contributed by atoms with van der Waals surface area (Å²) in [5.41, 5.74) is 5.10. The van der Waals surface area contributed by atoms with Crippen molar-refractivity contribution in [3.8, 4) is 11.5 Å². The Bertz CT molecular complexity index is 1340. The molecule has 0 aliphatic heterocycles. The van der Waals surface area contributed by atoms with Gasteiger partial charge in [0.1, 0.15) is 0 Å². The van der Waals surface area contributed by atoms with Crippen molar-refractivity contribution in [1.29, 1.82) is 0 Å². The molecule has 0 aliphatic carbocycles. The molecule has 1 atom stereocenters. The minimum atomic E-state index is -2.87. The number of nitrogens with one attached hydrogen (secondary N) is 1. The molecule has 4 aromatic rings. The van der Waals surface area contributed by atoms with Gasteiger partial charge in [0.15, 0.2) is 0 Å². The van der Waals surface area contributed by atoms with Crippen LogP contribution >= 0.6 is 8.25 Å². The van der Waals surface area contributed by atoms with Crippen molar-refractivity contribution in [2.75, 3.05) is 13.2 Å². The van der Waals surface area contributed by atoms with Gasteiger partial charge in [-0.2, -0.15) is 0 Å². The molecular weight excluding hydrogens is 487 g/mol. The number of allylic oxidation sites excluding steroid dienone is 1. The lowest BCUT2D eigenvalue weighted by molar-refractivity contribution is 0.276. The molecule has 0 radical (unpaired) electrons. The first-order valence-electron chi connectivity index (χ1n) is 12.7. The summed E-state index contributed by atoms with van der Waals surface area (Å²) < 4.78 is 21.5. The minimum absolute atomic E-state index is 0.248. The van der Waals surface area contributed by atoms with E-state index in [9.17, 15) is 4.57 Å². The van der Waals surface area contributed by atoms with E-state index in [0.29, 0.717) is 31.3 Å². The first-order valence-corrected chi connectivity index (χ1v) is 13.9. The third-order valence-electron chi connectivity index (χ3n) is 6.06. The van der Waals surface area contributed by atoms with Crippen LogP contribution in [0.1, 0.15) is 56.0 Å². The van der Waals surface area contributed by atoms with Crippen LogP contribution in [0.25, 0.3) is 34.0 Å². The fourth-order valence-corrected chi connectivity index (χ4v) is 4.53. The van der Waals surface area contributed by atoms with E-state index in [2.05, 4.69) is 39.6 Å². The van der Waals surface area contributed by atoms with Crippen LogP contribution < -0.4 is 5.32 Å². The van der Waals surface area contributed by atoms with Crippen molar-refractivity contribution >= 4 is 30.8 Å². The van der Waals surface area contributed by atoms with Gasteiger partial charge in [0, 0.05) is 29.8 Å². The molecule has 2 aromatic heterocycles. The molecule has 1 unspecified atom stereocenters. The minimum Gasteiger partial charge on any atom is -0.417 e. The number of fused-ring (bicyclic) bond motifs is 1. The zero-order chi connectivity index (χ0) is 25.9. The van der Waals surface area contributed by atoms with Gasteiger partial charge in [-0.3, -0.25) is 9.55 Å². The summed E-state index contributed by atoms with van der Waals surface area (Å²) in [6.45, 7) is 3.72. The van der Waals surface area contributed by atoms with E-state index in [1.54, 1.807) is 6.20 Å². The van der Waals surface area contributed by atoms with Gasteiger partial charge >= 0.3 is 8.25 Å². The van der Waals surface area contributed by atoms with Gasteiger partial charge in [-0.1, -0.05) is 62.2 Å². The second-order valence-electron chi connectivity index (χ2n) is 8.75. The highest BCUT2D eigenvalue weighted by Gasteiger charge is 2.14. The Morgan fingerprint density at radius 2 is 1.95 bits per heavy atom. The fraction of sp³-hybridized carbons (Fsp3) is 0.321. The van der Waals surface area contributed by atoms with Crippen LogP contribution in [0.5, 0.6) is 0 Å². The first kappa shape index (κ1) is 26.9. The van der Waals surface area contributed by atoms with Gasteiger partial charge in [0.05, 0.1) is 12.1 Å². The zero-order valence-electron chi connectivity index (χ0n) is 21.0. The Labute approximate surface area is 217 Å². The Kier molecular flexibility index (Phi) is 10.1. The molecule has 8 nitrogen and oxygen atoms in total. The maximum Gasteiger partial charge on any atom is 0.316 e. The quantitative estimate of drug-likeness (QED) is 0.148. The Balaban J connectivity index is 1.53. The predicted octanol–water partition coefficient (Wildman–Crippen LogP) is 6.28. The Hall–Kier alpha value is -3.16. The van der Waals surface area contributed by atoms with Crippen molar-refractivity contribution in [2.24, 2.45) is 0 Å². The van der Waals surface area contributed by atoms with Crippen molar-refractivity contribution < 1.29 is 18.4 Å². The van der Waals surface area contributed by atoms with E-state index in [1.807, 2.05) is 48.5 Å². The molecule has 194 valence electrons. The monoisotopic (exact) mass is 520 g/mol. The number of aromatic nitrogens is 3. The van der Waals surface area contributed by atoms with Crippen molar-refractivity contribution in [2.45, 2.75) is 45.6 Å². The second kappa shape index (κ2) is 14.0. The summed E-state index contributed by atoms with van der Waals surface area (Å²) in [7, 11) is -2.87. The third-order valence-corrected chi connectivity index (χ3v) is 6.51. The summed E-state index contributed by atoms with van der Waals surface area (Å²) in [6, 6.07) is 18.2. The second-order valence-corrected chi connectivity index (χ2v) is 9.58.